The Bertz CT molecular complexity index is 1250. The fourth-order valence-corrected chi connectivity index (χ4v) is 4.47. The van der Waals surface area contributed by atoms with Gasteiger partial charge in [-0.15, -0.1) is 0 Å². The van der Waals surface area contributed by atoms with Gasteiger partial charge >= 0.3 is 0 Å². The number of aromatic nitrogens is 3. The number of carbonyl (C=O) groups excluding carboxylic acids is 2. The van der Waals surface area contributed by atoms with Crippen LogP contribution in [0.4, 0.5) is 10.3 Å². The van der Waals surface area contributed by atoms with Crippen LogP contribution in [0, 0.1) is 12.7 Å². The van der Waals surface area contributed by atoms with Gasteiger partial charge in [0.05, 0.1) is 28.8 Å². The lowest BCUT2D eigenvalue weighted by molar-refractivity contribution is -0.126. The minimum absolute atomic E-state index is 0.0173. The summed E-state index contributed by atoms with van der Waals surface area (Å²) < 4.78 is 15.7. The van der Waals surface area contributed by atoms with E-state index >= 15 is 0 Å². The van der Waals surface area contributed by atoms with Crippen molar-refractivity contribution in [1.82, 2.24) is 24.3 Å². The fraction of sp³-hybridized carbons (Fsp3) is 0.385. The molecule has 9 heteroatoms. The van der Waals surface area contributed by atoms with Gasteiger partial charge in [0.2, 0.25) is 11.9 Å². The molecule has 1 atom stereocenters. The maximum absolute atomic E-state index is 13.6. The highest BCUT2D eigenvalue weighted by atomic mass is 19.1. The lowest BCUT2D eigenvalue weighted by Gasteiger charge is -2.26. The summed E-state index contributed by atoms with van der Waals surface area (Å²) in [7, 11) is 3.91. The molecule has 0 saturated carbocycles. The van der Waals surface area contributed by atoms with E-state index in [1.165, 1.54) is 6.20 Å². The Kier molecular flexibility index (Phi) is 7.55. The smallest absolute Gasteiger partial charge is 0.259 e. The number of likely N-dealkylation sites (N-methyl/N-ethyl adjacent to an activating group) is 1. The Labute approximate surface area is 204 Å². The van der Waals surface area contributed by atoms with Gasteiger partial charge in [0.25, 0.3) is 5.91 Å². The van der Waals surface area contributed by atoms with E-state index in [0.29, 0.717) is 25.6 Å². The van der Waals surface area contributed by atoms with Crippen molar-refractivity contribution in [2.24, 2.45) is 0 Å². The molecular formula is C26H31FN6O2. The molecule has 0 spiro atoms. The Morgan fingerprint density at radius 1 is 1.26 bits per heavy atom. The van der Waals surface area contributed by atoms with Gasteiger partial charge < -0.3 is 14.4 Å². The molecule has 0 bridgehead atoms. The number of nitrogens with one attached hydrogen (secondary N) is 1. The van der Waals surface area contributed by atoms with E-state index in [1.54, 1.807) is 6.08 Å². The van der Waals surface area contributed by atoms with E-state index in [1.807, 2.05) is 59.7 Å². The maximum Gasteiger partial charge on any atom is 0.259 e. The number of hydrogen-bond acceptors (Lipinski definition) is 5. The van der Waals surface area contributed by atoms with Gasteiger partial charge in [-0.25, -0.2) is 9.37 Å². The number of imidazole rings is 1. The van der Waals surface area contributed by atoms with Gasteiger partial charge in [-0.2, -0.15) is 0 Å². The lowest BCUT2D eigenvalue weighted by atomic mass is 10.1. The zero-order valence-corrected chi connectivity index (χ0v) is 20.4. The number of likely N-dealkylation sites (tertiary alicyclic amines) is 1. The first-order valence-corrected chi connectivity index (χ1v) is 11.8. The van der Waals surface area contributed by atoms with Crippen LogP contribution >= 0.6 is 0 Å². The van der Waals surface area contributed by atoms with Gasteiger partial charge in [0, 0.05) is 31.9 Å². The summed E-state index contributed by atoms with van der Waals surface area (Å²) in [5.41, 5.74) is 2.81. The van der Waals surface area contributed by atoms with Crippen molar-refractivity contribution < 1.29 is 14.0 Å². The molecule has 1 aromatic carbocycles. The molecule has 1 aliphatic heterocycles. The van der Waals surface area contributed by atoms with E-state index in [0.717, 1.165) is 48.1 Å². The molecule has 1 saturated heterocycles. The summed E-state index contributed by atoms with van der Waals surface area (Å²) in [6.07, 6.45) is 8.59. The number of anilines is 1. The van der Waals surface area contributed by atoms with Crippen molar-refractivity contribution in [3.63, 3.8) is 0 Å². The number of carbonyl (C=O) groups is 2. The Hall–Kier alpha value is -3.59. The molecule has 8 nitrogen and oxygen atoms in total. The van der Waals surface area contributed by atoms with E-state index in [-0.39, 0.29) is 17.5 Å². The van der Waals surface area contributed by atoms with Crippen molar-refractivity contribution in [3.05, 3.63) is 65.8 Å². The average molecular weight is 479 g/mol. The van der Waals surface area contributed by atoms with Crippen LogP contribution < -0.4 is 5.32 Å². The Morgan fingerprint density at radius 3 is 2.86 bits per heavy atom. The number of hydrogen-bond donors (Lipinski definition) is 1. The lowest BCUT2D eigenvalue weighted by Crippen LogP contribution is -2.35. The van der Waals surface area contributed by atoms with Gasteiger partial charge in [-0.3, -0.25) is 19.9 Å². The minimum atomic E-state index is -0.581. The van der Waals surface area contributed by atoms with E-state index in [9.17, 15) is 14.0 Å². The number of para-hydroxylation sites is 1. The van der Waals surface area contributed by atoms with Crippen LogP contribution in [0.3, 0.4) is 0 Å². The largest absolute Gasteiger partial charge is 0.337 e. The van der Waals surface area contributed by atoms with Gasteiger partial charge in [0.1, 0.15) is 5.82 Å². The molecule has 2 amide bonds. The second kappa shape index (κ2) is 10.8. The fourth-order valence-electron chi connectivity index (χ4n) is 4.47. The summed E-state index contributed by atoms with van der Waals surface area (Å²) >= 11 is 0. The molecule has 1 unspecified atom stereocenters. The number of aryl methyl sites for hydroxylation is 1. The monoisotopic (exact) mass is 478 g/mol. The first-order valence-electron chi connectivity index (χ1n) is 11.8. The standard InChI is InChI=1S/C26H31FN6O2/c1-18-8-6-10-22-24(18)33(26(29-22)30-25(35)19-14-20(27)16-28-15-19)21-9-4-5-13-32(17-21)23(34)11-7-12-31(2)3/h6-8,10-11,14-16,21H,4-5,9,12-13,17H2,1-3H3,(H,29,30,35)/b11-7+. The number of rotatable bonds is 6. The van der Waals surface area contributed by atoms with E-state index < -0.39 is 11.7 Å². The molecule has 0 radical (unpaired) electrons. The maximum atomic E-state index is 13.6. The molecule has 0 aliphatic carbocycles. The summed E-state index contributed by atoms with van der Waals surface area (Å²) in [4.78, 5) is 38.2. The Balaban J connectivity index is 1.68. The Morgan fingerprint density at radius 2 is 2.09 bits per heavy atom. The van der Waals surface area contributed by atoms with Crippen LogP contribution in [-0.2, 0) is 4.79 Å². The van der Waals surface area contributed by atoms with Crippen LogP contribution in [0.1, 0.15) is 41.2 Å². The highest BCUT2D eigenvalue weighted by molar-refractivity contribution is 6.04. The molecule has 1 N–H and O–H groups in total. The highest BCUT2D eigenvalue weighted by Crippen LogP contribution is 2.32. The number of fused-ring (bicyclic) bond motifs is 1. The average Bonchev–Trinajstić information content (AvgIpc) is 3.01. The molecule has 2 aromatic heterocycles. The number of halogens is 1. The van der Waals surface area contributed by atoms with E-state index in [2.05, 4.69) is 10.3 Å². The quantitative estimate of drug-likeness (QED) is 0.545. The second-order valence-electron chi connectivity index (χ2n) is 9.19. The second-order valence-corrected chi connectivity index (χ2v) is 9.19. The summed E-state index contributed by atoms with van der Waals surface area (Å²) in [5.74, 6) is -0.705. The third kappa shape index (κ3) is 5.74. The summed E-state index contributed by atoms with van der Waals surface area (Å²) in [6, 6.07) is 6.91. The van der Waals surface area contributed by atoms with Crippen molar-refractivity contribution in [2.75, 3.05) is 39.0 Å². The topological polar surface area (TPSA) is 83.4 Å². The van der Waals surface area contributed by atoms with E-state index in [4.69, 9.17) is 4.98 Å². The van der Waals surface area contributed by atoms with Crippen LogP contribution in [-0.4, -0.2) is 69.9 Å². The molecule has 4 rings (SSSR count). The van der Waals surface area contributed by atoms with Gasteiger partial charge in [-0.1, -0.05) is 18.2 Å². The SMILES string of the molecule is Cc1cccc2nc(NC(=O)c3cncc(F)c3)n(C3CCCCN(C(=O)/C=C/CN(C)C)C3)c12. The summed E-state index contributed by atoms with van der Waals surface area (Å²) in [5, 5.41) is 2.86. The molecule has 3 aromatic rings. The number of pyridine rings is 1. The van der Waals surface area contributed by atoms with Crippen LogP contribution in [0.2, 0.25) is 0 Å². The molecule has 35 heavy (non-hydrogen) atoms. The molecule has 184 valence electrons. The zero-order valence-electron chi connectivity index (χ0n) is 20.4. The number of nitrogens with zero attached hydrogens (tertiary/aromatic N) is 5. The predicted octanol–water partition coefficient (Wildman–Crippen LogP) is 3.80. The van der Waals surface area contributed by atoms with Crippen LogP contribution in [0.15, 0.2) is 48.8 Å². The molecule has 1 aliphatic rings. The van der Waals surface area contributed by atoms with Crippen LogP contribution in [0.25, 0.3) is 11.0 Å². The van der Waals surface area contributed by atoms with Crippen molar-refractivity contribution in [1.29, 1.82) is 0 Å². The van der Waals surface area contributed by atoms with Gasteiger partial charge in [0.15, 0.2) is 0 Å². The van der Waals surface area contributed by atoms with Gasteiger partial charge in [-0.05, 0) is 58.0 Å². The molecule has 3 heterocycles. The normalized spacial score (nSPS) is 16.7. The highest BCUT2D eigenvalue weighted by Gasteiger charge is 2.27. The van der Waals surface area contributed by atoms with Crippen molar-refractivity contribution in [2.45, 2.75) is 32.2 Å². The first kappa shape index (κ1) is 24.5. The minimum Gasteiger partial charge on any atom is -0.337 e. The predicted molar refractivity (Wildman–Crippen MR) is 134 cm³/mol. The van der Waals surface area contributed by atoms with Crippen molar-refractivity contribution >= 4 is 28.8 Å². The van der Waals surface area contributed by atoms with Crippen molar-refractivity contribution in [3.8, 4) is 0 Å². The number of amides is 2. The third-order valence-electron chi connectivity index (χ3n) is 6.16. The third-order valence-corrected chi connectivity index (χ3v) is 6.16. The summed E-state index contributed by atoms with van der Waals surface area (Å²) in [6.45, 7) is 3.89. The molecule has 1 fully saturated rings. The first-order chi connectivity index (χ1) is 16.8. The zero-order chi connectivity index (χ0) is 24.9. The van der Waals surface area contributed by atoms with Crippen LogP contribution in [0.5, 0.6) is 0 Å². The number of benzene rings is 1. The molecular weight excluding hydrogens is 447 g/mol.